The number of benzene rings is 2. The van der Waals surface area contributed by atoms with Crippen LogP contribution in [0.4, 0.5) is 21.9 Å². The molecular weight excluding hydrogens is 274 g/mol. The van der Waals surface area contributed by atoms with Crippen LogP contribution in [-0.2, 0) is 0 Å². The number of nitrogens with one attached hydrogen (secondary N) is 2. The maximum atomic E-state index is 11.8. The SMILES string of the molecule is Cc1ccc(NC(=O)Nc2ccc([N+](=O)[O-])cc2)cc1O. The first-order valence-corrected chi connectivity index (χ1v) is 6.08. The van der Waals surface area contributed by atoms with E-state index in [2.05, 4.69) is 10.6 Å². The summed E-state index contributed by atoms with van der Waals surface area (Å²) in [5, 5.41) is 25.2. The smallest absolute Gasteiger partial charge is 0.323 e. The van der Waals surface area contributed by atoms with Crippen molar-refractivity contribution in [3.05, 3.63) is 58.1 Å². The van der Waals surface area contributed by atoms with Crippen molar-refractivity contribution in [1.29, 1.82) is 0 Å². The second kappa shape index (κ2) is 5.91. The molecule has 2 rings (SSSR count). The van der Waals surface area contributed by atoms with Gasteiger partial charge in [-0.1, -0.05) is 6.07 Å². The van der Waals surface area contributed by atoms with Crippen LogP contribution in [0.25, 0.3) is 0 Å². The van der Waals surface area contributed by atoms with E-state index in [1.807, 2.05) is 0 Å². The molecule has 2 aromatic carbocycles. The standard InChI is InChI=1S/C14H13N3O4/c1-9-2-3-11(8-13(9)18)16-14(19)15-10-4-6-12(7-5-10)17(20)21/h2-8,18H,1H3,(H2,15,16,19). The molecule has 0 saturated heterocycles. The molecule has 0 heterocycles. The van der Waals surface area contributed by atoms with Crippen LogP contribution in [0.15, 0.2) is 42.5 Å². The second-order valence-corrected chi connectivity index (χ2v) is 4.38. The molecule has 0 spiro atoms. The number of anilines is 2. The van der Waals surface area contributed by atoms with Crippen molar-refractivity contribution >= 4 is 23.1 Å². The zero-order valence-corrected chi connectivity index (χ0v) is 11.2. The quantitative estimate of drug-likeness (QED) is 0.595. The number of aryl methyl sites for hydroxylation is 1. The van der Waals surface area contributed by atoms with E-state index in [0.29, 0.717) is 16.9 Å². The summed E-state index contributed by atoms with van der Waals surface area (Å²) in [6.45, 7) is 1.75. The van der Waals surface area contributed by atoms with Crippen LogP contribution in [0.2, 0.25) is 0 Å². The van der Waals surface area contributed by atoms with Crippen molar-refractivity contribution < 1.29 is 14.8 Å². The van der Waals surface area contributed by atoms with E-state index in [9.17, 15) is 20.0 Å². The highest BCUT2D eigenvalue weighted by atomic mass is 16.6. The number of amides is 2. The lowest BCUT2D eigenvalue weighted by Gasteiger charge is -2.08. The van der Waals surface area contributed by atoms with E-state index in [1.165, 1.54) is 30.3 Å². The van der Waals surface area contributed by atoms with Gasteiger partial charge in [0, 0.05) is 29.6 Å². The third-order valence-corrected chi connectivity index (χ3v) is 2.80. The first-order valence-electron chi connectivity index (χ1n) is 6.08. The van der Waals surface area contributed by atoms with Gasteiger partial charge in [-0.25, -0.2) is 4.79 Å². The fourth-order valence-corrected chi connectivity index (χ4v) is 1.65. The minimum Gasteiger partial charge on any atom is -0.508 e. The van der Waals surface area contributed by atoms with E-state index < -0.39 is 11.0 Å². The van der Waals surface area contributed by atoms with Gasteiger partial charge in [0.2, 0.25) is 0 Å². The number of hydrogen-bond acceptors (Lipinski definition) is 4. The van der Waals surface area contributed by atoms with Gasteiger partial charge < -0.3 is 15.7 Å². The van der Waals surface area contributed by atoms with Gasteiger partial charge in [-0.3, -0.25) is 10.1 Å². The molecule has 0 aliphatic carbocycles. The molecule has 0 bridgehead atoms. The molecule has 108 valence electrons. The van der Waals surface area contributed by atoms with Gasteiger partial charge in [-0.05, 0) is 30.7 Å². The number of carbonyl (C=O) groups excluding carboxylic acids is 1. The van der Waals surface area contributed by atoms with Crippen molar-refractivity contribution in [1.82, 2.24) is 0 Å². The monoisotopic (exact) mass is 287 g/mol. The Labute approximate surface area is 120 Å². The number of nitro benzene ring substituents is 1. The van der Waals surface area contributed by atoms with Crippen LogP contribution in [0.1, 0.15) is 5.56 Å². The Morgan fingerprint density at radius 1 is 1.10 bits per heavy atom. The summed E-state index contributed by atoms with van der Waals surface area (Å²) >= 11 is 0. The van der Waals surface area contributed by atoms with E-state index >= 15 is 0 Å². The minimum absolute atomic E-state index is 0.0515. The van der Waals surface area contributed by atoms with Gasteiger partial charge >= 0.3 is 6.03 Å². The maximum Gasteiger partial charge on any atom is 0.323 e. The number of phenolic OH excluding ortho intramolecular Hbond substituents is 1. The first-order chi connectivity index (χ1) is 9.95. The predicted molar refractivity (Wildman–Crippen MR) is 78.6 cm³/mol. The Kier molecular flexibility index (Phi) is 4.03. The fraction of sp³-hybridized carbons (Fsp3) is 0.0714. The number of phenols is 1. The molecule has 0 saturated carbocycles. The molecular formula is C14H13N3O4. The highest BCUT2D eigenvalue weighted by Gasteiger charge is 2.07. The normalized spacial score (nSPS) is 9.95. The molecule has 2 amide bonds. The molecule has 0 atom stereocenters. The highest BCUT2D eigenvalue weighted by Crippen LogP contribution is 2.21. The zero-order chi connectivity index (χ0) is 15.4. The summed E-state index contributed by atoms with van der Waals surface area (Å²) < 4.78 is 0. The molecule has 7 nitrogen and oxygen atoms in total. The Bertz CT molecular complexity index is 683. The summed E-state index contributed by atoms with van der Waals surface area (Å²) in [6.07, 6.45) is 0. The number of urea groups is 1. The van der Waals surface area contributed by atoms with Crippen LogP contribution in [0.5, 0.6) is 5.75 Å². The third kappa shape index (κ3) is 3.69. The van der Waals surface area contributed by atoms with Crippen molar-refractivity contribution in [2.24, 2.45) is 0 Å². The Hall–Kier alpha value is -3.09. The molecule has 0 unspecified atom stereocenters. The topological polar surface area (TPSA) is 104 Å². The van der Waals surface area contributed by atoms with Gasteiger partial charge in [0.1, 0.15) is 5.75 Å². The Balaban J connectivity index is 2.01. The third-order valence-electron chi connectivity index (χ3n) is 2.80. The van der Waals surface area contributed by atoms with Crippen molar-refractivity contribution in [2.45, 2.75) is 6.92 Å². The summed E-state index contributed by atoms with van der Waals surface area (Å²) in [5.74, 6) is 0.0862. The average Bonchev–Trinajstić information content (AvgIpc) is 2.43. The number of hydrogen-bond donors (Lipinski definition) is 3. The summed E-state index contributed by atoms with van der Waals surface area (Å²) in [5.41, 5.74) is 1.52. The van der Waals surface area contributed by atoms with Crippen molar-refractivity contribution in [3.8, 4) is 5.75 Å². The Morgan fingerprint density at radius 3 is 2.24 bits per heavy atom. The first kappa shape index (κ1) is 14.3. The van der Waals surface area contributed by atoms with Crippen LogP contribution in [-0.4, -0.2) is 16.1 Å². The van der Waals surface area contributed by atoms with E-state index in [-0.39, 0.29) is 11.4 Å². The van der Waals surface area contributed by atoms with Gasteiger partial charge in [0.05, 0.1) is 4.92 Å². The van der Waals surface area contributed by atoms with Gasteiger partial charge in [0.15, 0.2) is 0 Å². The number of aromatic hydroxyl groups is 1. The molecule has 2 aromatic rings. The minimum atomic E-state index is -0.515. The van der Waals surface area contributed by atoms with Gasteiger partial charge in [0.25, 0.3) is 5.69 Å². The molecule has 0 aromatic heterocycles. The number of carbonyl (C=O) groups is 1. The largest absolute Gasteiger partial charge is 0.508 e. The highest BCUT2D eigenvalue weighted by molar-refractivity contribution is 5.99. The van der Waals surface area contributed by atoms with E-state index in [4.69, 9.17) is 0 Å². The lowest BCUT2D eigenvalue weighted by molar-refractivity contribution is -0.384. The number of nitro groups is 1. The average molecular weight is 287 g/mol. The van der Waals surface area contributed by atoms with Crippen LogP contribution in [0, 0.1) is 17.0 Å². The molecule has 7 heteroatoms. The molecule has 3 N–H and O–H groups in total. The molecule has 0 radical (unpaired) electrons. The summed E-state index contributed by atoms with van der Waals surface area (Å²) in [7, 11) is 0. The van der Waals surface area contributed by atoms with Gasteiger partial charge in [-0.15, -0.1) is 0 Å². The lowest BCUT2D eigenvalue weighted by Crippen LogP contribution is -2.19. The summed E-state index contributed by atoms with van der Waals surface area (Å²) in [6, 6.07) is 9.73. The Morgan fingerprint density at radius 2 is 1.67 bits per heavy atom. The van der Waals surface area contributed by atoms with Gasteiger partial charge in [-0.2, -0.15) is 0 Å². The molecule has 0 fully saturated rings. The maximum absolute atomic E-state index is 11.8. The van der Waals surface area contributed by atoms with E-state index in [0.717, 1.165) is 0 Å². The predicted octanol–water partition coefficient (Wildman–Crippen LogP) is 3.25. The van der Waals surface area contributed by atoms with Crippen LogP contribution >= 0.6 is 0 Å². The van der Waals surface area contributed by atoms with E-state index in [1.54, 1.807) is 19.1 Å². The second-order valence-electron chi connectivity index (χ2n) is 4.38. The lowest BCUT2D eigenvalue weighted by atomic mass is 10.2. The van der Waals surface area contributed by atoms with Crippen LogP contribution < -0.4 is 10.6 Å². The number of non-ortho nitro benzene ring substituents is 1. The molecule has 21 heavy (non-hydrogen) atoms. The zero-order valence-electron chi connectivity index (χ0n) is 11.2. The molecule has 0 aliphatic heterocycles. The number of nitrogens with zero attached hydrogens (tertiary/aromatic N) is 1. The number of rotatable bonds is 3. The fourth-order valence-electron chi connectivity index (χ4n) is 1.65. The summed E-state index contributed by atoms with van der Waals surface area (Å²) in [4.78, 5) is 21.8. The van der Waals surface area contributed by atoms with Crippen molar-refractivity contribution in [3.63, 3.8) is 0 Å². The van der Waals surface area contributed by atoms with Crippen LogP contribution in [0.3, 0.4) is 0 Å². The molecule has 0 aliphatic rings. The van der Waals surface area contributed by atoms with Crippen molar-refractivity contribution in [2.75, 3.05) is 10.6 Å².